The number of carbonyl (C=O) groups is 1. The van der Waals surface area contributed by atoms with Crippen LogP contribution < -0.4 is 16.0 Å². The maximum Gasteiger partial charge on any atom is 0.271 e. The van der Waals surface area contributed by atoms with Crippen molar-refractivity contribution in [3.8, 4) is 11.3 Å². The predicted octanol–water partition coefficient (Wildman–Crippen LogP) is 2.41. The monoisotopic (exact) mass is 444 g/mol. The standard InChI is InChI=1S/C23H24N8O2/c1-14-19(17-11-25-12-18-20(17)26-13-30(18)2)29-21(22(24)32)23(27-14)28-15-3-5-16(6-4-15)31-7-9-33-10-8-31/h3-6,11-13H,7-10H2,1-2H3,(H2,24,32)(H,27,28). The van der Waals surface area contributed by atoms with Crippen LogP contribution in [0.25, 0.3) is 22.3 Å². The second kappa shape index (κ2) is 8.47. The van der Waals surface area contributed by atoms with E-state index in [2.05, 4.69) is 30.2 Å². The fraction of sp³-hybridized carbons (Fsp3) is 0.261. The van der Waals surface area contributed by atoms with Crippen LogP contribution in [-0.4, -0.2) is 56.7 Å². The Morgan fingerprint density at radius 3 is 2.61 bits per heavy atom. The van der Waals surface area contributed by atoms with E-state index in [1.807, 2.05) is 42.8 Å². The minimum Gasteiger partial charge on any atom is -0.378 e. The number of carbonyl (C=O) groups excluding carboxylic acids is 1. The molecule has 0 saturated carbocycles. The van der Waals surface area contributed by atoms with Crippen molar-refractivity contribution in [2.75, 3.05) is 36.5 Å². The Balaban J connectivity index is 1.48. The number of anilines is 3. The molecule has 10 heteroatoms. The Morgan fingerprint density at radius 1 is 1.12 bits per heavy atom. The molecule has 1 amide bonds. The molecule has 0 aliphatic carbocycles. The Morgan fingerprint density at radius 2 is 1.88 bits per heavy atom. The van der Waals surface area contributed by atoms with E-state index >= 15 is 0 Å². The van der Waals surface area contributed by atoms with Crippen molar-refractivity contribution in [3.05, 3.63) is 54.4 Å². The summed E-state index contributed by atoms with van der Waals surface area (Å²) in [5.74, 6) is -0.360. The van der Waals surface area contributed by atoms with Crippen molar-refractivity contribution in [1.29, 1.82) is 0 Å². The van der Waals surface area contributed by atoms with E-state index in [-0.39, 0.29) is 5.69 Å². The molecular weight excluding hydrogens is 420 g/mol. The number of hydrogen-bond acceptors (Lipinski definition) is 8. The van der Waals surface area contributed by atoms with Crippen molar-refractivity contribution in [1.82, 2.24) is 24.5 Å². The second-order valence-corrected chi connectivity index (χ2v) is 7.90. The fourth-order valence-corrected chi connectivity index (χ4v) is 3.96. The first kappa shape index (κ1) is 20.8. The van der Waals surface area contributed by atoms with Crippen molar-refractivity contribution < 1.29 is 9.53 Å². The number of pyridine rings is 1. The molecule has 1 aliphatic rings. The van der Waals surface area contributed by atoms with Crippen LogP contribution in [0.4, 0.5) is 17.2 Å². The zero-order valence-electron chi connectivity index (χ0n) is 18.4. The molecule has 3 aromatic heterocycles. The quantitative estimate of drug-likeness (QED) is 0.481. The number of morpholine rings is 1. The van der Waals surface area contributed by atoms with Gasteiger partial charge in [0.25, 0.3) is 5.91 Å². The van der Waals surface area contributed by atoms with Gasteiger partial charge in [-0.05, 0) is 31.2 Å². The van der Waals surface area contributed by atoms with Crippen LogP contribution in [0.1, 0.15) is 16.2 Å². The lowest BCUT2D eigenvalue weighted by Crippen LogP contribution is -2.36. The van der Waals surface area contributed by atoms with E-state index in [0.717, 1.165) is 48.7 Å². The number of nitrogens with one attached hydrogen (secondary N) is 1. The van der Waals surface area contributed by atoms with Crippen LogP contribution in [-0.2, 0) is 11.8 Å². The third-order valence-corrected chi connectivity index (χ3v) is 5.70. The summed E-state index contributed by atoms with van der Waals surface area (Å²) in [5.41, 5.74) is 11.1. The highest BCUT2D eigenvalue weighted by atomic mass is 16.5. The lowest BCUT2D eigenvalue weighted by atomic mass is 10.1. The van der Waals surface area contributed by atoms with Crippen molar-refractivity contribution >= 4 is 34.1 Å². The molecule has 1 aromatic carbocycles. The average molecular weight is 444 g/mol. The van der Waals surface area contributed by atoms with E-state index in [4.69, 9.17) is 10.5 Å². The Hall–Kier alpha value is -4.05. The van der Waals surface area contributed by atoms with Gasteiger partial charge in [-0.25, -0.2) is 15.0 Å². The highest BCUT2D eigenvalue weighted by Crippen LogP contribution is 2.30. The van der Waals surface area contributed by atoms with E-state index in [9.17, 15) is 4.79 Å². The van der Waals surface area contributed by atoms with Gasteiger partial charge in [-0.15, -0.1) is 0 Å². The van der Waals surface area contributed by atoms with E-state index in [0.29, 0.717) is 22.8 Å². The molecule has 0 radical (unpaired) electrons. The molecule has 4 aromatic rings. The van der Waals surface area contributed by atoms with Gasteiger partial charge in [-0.3, -0.25) is 9.78 Å². The first-order valence-corrected chi connectivity index (χ1v) is 10.6. The number of primary amides is 1. The first-order valence-electron chi connectivity index (χ1n) is 10.6. The van der Waals surface area contributed by atoms with Gasteiger partial charge < -0.3 is 25.3 Å². The summed E-state index contributed by atoms with van der Waals surface area (Å²) in [6.45, 7) is 5.02. The van der Waals surface area contributed by atoms with Crippen LogP contribution in [0.5, 0.6) is 0 Å². The highest BCUT2D eigenvalue weighted by Gasteiger charge is 2.20. The average Bonchev–Trinajstić information content (AvgIpc) is 3.21. The van der Waals surface area contributed by atoms with Crippen LogP contribution in [0.2, 0.25) is 0 Å². The normalized spacial score (nSPS) is 13.9. The molecule has 1 aliphatic heterocycles. The summed E-state index contributed by atoms with van der Waals surface area (Å²) in [6, 6.07) is 7.94. The van der Waals surface area contributed by atoms with E-state index in [1.54, 1.807) is 18.7 Å². The molecule has 168 valence electrons. The van der Waals surface area contributed by atoms with Gasteiger partial charge in [-0.2, -0.15) is 0 Å². The predicted molar refractivity (Wildman–Crippen MR) is 126 cm³/mol. The summed E-state index contributed by atoms with van der Waals surface area (Å²) in [6.07, 6.45) is 5.12. The molecule has 0 spiro atoms. The lowest BCUT2D eigenvalue weighted by Gasteiger charge is -2.28. The lowest BCUT2D eigenvalue weighted by molar-refractivity contribution is 0.0996. The number of hydrogen-bond donors (Lipinski definition) is 2. The molecule has 10 nitrogen and oxygen atoms in total. The smallest absolute Gasteiger partial charge is 0.271 e. The SMILES string of the molecule is Cc1nc(Nc2ccc(N3CCOCC3)cc2)c(C(N)=O)nc1-c1cncc2c1ncn2C. The van der Waals surface area contributed by atoms with Gasteiger partial charge in [0.15, 0.2) is 11.5 Å². The van der Waals surface area contributed by atoms with Gasteiger partial charge in [0, 0.05) is 43.3 Å². The zero-order chi connectivity index (χ0) is 22.9. The summed E-state index contributed by atoms with van der Waals surface area (Å²) >= 11 is 0. The third kappa shape index (κ3) is 3.96. The number of fused-ring (bicyclic) bond motifs is 1. The molecule has 0 bridgehead atoms. The van der Waals surface area contributed by atoms with Crippen LogP contribution in [0, 0.1) is 6.92 Å². The Labute approximate surface area is 190 Å². The summed E-state index contributed by atoms with van der Waals surface area (Å²) in [5, 5.41) is 3.19. The van der Waals surface area contributed by atoms with Gasteiger partial charge >= 0.3 is 0 Å². The van der Waals surface area contributed by atoms with Crippen molar-refractivity contribution in [3.63, 3.8) is 0 Å². The largest absolute Gasteiger partial charge is 0.378 e. The minimum absolute atomic E-state index is 0.0563. The molecule has 33 heavy (non-hydrogen) atoms. The molecule has 0 atom stereocenters. The number of imidazole rings is 1. The summed E-state index contributed by atoms with van der Waals surface area (Å²) < 4.78 is 7.29. The van der Waals surface area contributed by atoms with E-state index in [1.165, 1.54) is 0 Å². The Kier molecular flexibility index (Phi) is 5.35. The maximum absolute atomic E-state index is 12.3. The topological polar surface area (TPSA) is 124 Å². The van der Waals surface area contributed by atoms with Crippen molar-refractivity contribution in [2.24, 2.45) is 12.8 Å². The number of amides is 1. The van der Waals surface area contributed by atoms with Crippen LogP contribution in [0.3, 0.4) is 0 Å². The number of nitrogens with zero attached hydrogens (tertiary/aromatic N) is 6. The van der Waals surface area contributed by atoms with Gasteiger partial charge in [0.2, 0.25) is 0 Å². The van der Waals surface area contributed by atoms with Gasteiger partial charge in [0.05, 0.1) is 42.6 Å². The summed E-state index contributed by atoms with van der Waals surface area (Å²) in [4.78, 5) is 32.5. The summed E-state index contributed by atoms with van der Waals surface area (Å²) in [7, 11) is 1.89. The van der Waals surface area contributed by atoms with Crippen molar-refractivity contribution in [2.45, 2.75) is 6.92 Å². The number of rotatable bonds is 5. The fourth-order valence-electron chi connectivity index (χ4n) is 3.96. The molecule has 3 N–H and O–H groups in total. The number of nitrogens with two attached hydrogens (primary N) is 1. The molecule has 0 unspecified atom stereocenters. The minimum atomic E-state index is -0.669. The number of aromatic nitrogens is 5. The molecular formula is C23H24N8O2. The van der Waals surface area contributed by atoms with Gasteiger partial charge in [-0.1, -0.05) is 0 Å². The third-order valence-electron chi connectivity index (χ3n) is 5.70. The van der Waals surface area contributed by atoms with E-state index < -0.39 is 5.91 Å². The highest BCUT2D eigenvalue weighted by molar-refractivity contribution is 5.98. The second-order valence-electron chi connectivity index (χ2n) is 7.90. The Bertz CT molecular complexity index is 1330. The number of aryl methyl sites for hydroxylation is 2. The number of ether oxygens (including phenoxy) is 1. The maximum atomic E-state index is 12.3. The molecule has 5 rings (SSSR count). The zero-order valence-corrected chi connectivity index (χ0v) is 18.4. The van der Waals surface area contributed by atoms with Crippen LogP contribution in [0.15, 0.2) is 43.0 Å². The van der Waals surface area contributed by atoms with Crippen LogP contribution >= 0.6 is 0 Å². The molecule has 1 saturated heterocycles. The number of benzene rings is 1. The van der Waals surface area contributed by atoms with Gasteiger partial charge in [0.1, 0.15) is 5.52 Å². The molecule has 4 heterocycles. The molecule has 1 fully saturated rings. The first-order chi connectivity index (χ1) is 16.0.